The Kier molecular flexibility index (Phi) is 7.61. The quantitative estimate of drug-likeness (QED) is 0.302. The molecule has 0 spiro atoms. The summed E-state index contributed by atoms with van der Waals surface area (Å²) in [6.45, 7) is 2.20. The number of unbranched alkanes of at least 4 members (excludes halogenated alkanes) is 4. The molecule has 0 amide bonds. The highest BCUT2D eigenvalue weighted by Gasteiger charge is 2.09. The van der Waals surface area contributed by atoms with Gasteiger partial charge < -0.3 is 11.1 Å². The summed E-state index contributed by atoms with van der Waals surface area (Å²) < 4.78 is 0. The average Bonchev–Trinajstić information content (AvgIpc) is 2.41. The molecule has 5 nitrogen and oxygen atoms in total. The summed E-state index contributed by atoms with van der Waals surface area (Å²) in [5.41, 5.74) is 7.00. The van der Waals surface area contributed by atoms with Crippen molar-refractivity contribution in [1.29, 1.82) is 10.8 Å². The minimum absolute atomic E-state index is 0.0529. The van der Waals surface area contributed by atoms with Crippen LogP contribution in [-0.2, 0) is 6.42 Å². The standard InChI is InChI=1S/C15H24ClN5/c1-2-3-4-5-6-8-11-9-7-10-12(16)13(11)20-15(19)21-14(17)18/h7,9-10H,2-6,8H2,1H3,(H6,17,18,19,20,21). The van der Waals surface area contributed by atoms with Crippen LogP contribution in [-0.4, -0.2) is 11.9 Å². The summed E-state index contributed by atoms with van der Waals surface area (Å²) in [5, 5.41) is 20.7. The van der Waals surface area contributed by atoms with E-state index in [-0.39, 0.29) is 11.9 Å². The Balaban J connectivity index is 2.64. The van der Waals surface area contributed by atoms with Crippen molar-refractivity contribution in [3.05, 3.63) is 28.8 Å². The van der Waals surface area contributed by atoms with Crippen molar-refractivity contribution < 1.29 is 0 Å². The molecule has 0 aromatic heterocycles. The number of hydrogen-bond acceptors (Lipinski definition) is 2. The van der Waals surface area contributed by atoms with Crippen LogP contribution in [0, 0.1) is 10.8 Å². The second-order valence-corrected chi connectivity index (χ2v) is 5.38. The molecular weight excluding hydrogens is 286 g/mol. The van der Waals surface area contributed by atoms with Crippen molar-refractivity contribution in [2.45, 2.75) is 45.4 Å². The van der Waals surface area contributed by atoms with Crippen molar-refractivity contribution in [3.63, 3.8) is 0 Å². The molecule has 6 N–H and O–H groups in total. The maximum Gasteiger partial charge on any atom is 0.199 e. The zero-order valence-corrected chi connectivity index (χ0v) is 13.2. The van der Waals surface area contributed by atoms with E-state index in [0.29, 0.717) is 10.7 Å². The minimum Gasteiger partial charge on any atom is -0.370 e. The maximum atomic E-state index is 7.72. The predicted molar refractivity (Wildman–Crippen MR) is 90.3 cm³/mol. The second-order valence-electron chi connectivity index (χ2n) is 4.98. The maximum absolute atomic E-state index is 7.72. The number of benzene rings is 1. The lowest BCUT2D eigenvalue weighted by molar-refractivity contribution is 0.632. The molecule has 1 aromatic rings. The predicted octanol–water partition coefficient (Wildman–Crippen LogP) is 3.68. The Labute approximate surface area is 131 Å². The van der Waals surface area contributed by atoms with E-state index < -0.39 is 0 Å². The zero-order chi connectivity index (χ0) is 15.7. The van der Waals surface area contributed by atoms with Crippen LogP contribution >= 0.6 is 11.6 Å². The third-order valence-electron chi connectivity index (χ3n) is 3.16. The number of aryl methyl sites for hydroxylation is 1. The minimum atomic E-state index is -0.277. The van der Waals surface area contributed by atoms with Crippen LogP contribution in [0.25, 0.3) is 0 Å². The molecule has 21 heavy (non-hydrogen) atoms. The van der Waals surface area contributed by atoms with E-state index in [1.165, 1.54) is 25.7 Å². The molecule has 0 aliphatic heterocycles. The highest BCUT2D eigenvalue weighted by atomic mass is 35.5. The molecule has 0 radical (unpaired) electrons. The zero-order valence-electron chi connectivity index (χ0n) is 12.4. The van der Waals surface area contributed by atoms with Gasteiger partial charge in [-0.2, -0.15) is 0 Å². The van der Waals surface area contributed by atoms with Gasteiger partial charge in [0, 0.05) is 0 Å². The van der Waals surface area contributed by atoms with Crippen molar-refractivity contribution >= 4 is 29.2 Å². The summed E-state index contributed by atoms with van der Waals surface area (Å²) in [5.74, 6) is -0.330. The Morgan fingerprint density at radius 3 is 2.57 bits per heavy atom. The molecule has 0 aliphatic carbocycles. The number of anilines is 1. The Morgan fingerprint density at radius 2 is 1.90 bits per heavy atom. The van der Waals surface area contributed by atoms with Gasteiger partial charge in [0.1, 0.15) is 0 Å². The highest BCUT2D eigenvalue weighted by Crippen LogP contribution is 2.27. The van der Waals surface area contributed by atoms with Crippen LogP contribution in [0.15, 0.2) is 18.2 Å². The van der Waals surface area contributed by atoms with Crippen LogP contribution in [0.4, 0.5) is 5.69 Å². The molecule has 0 saturated carbocycles. The van der Waals surface area contributed by atoms with Gasteiger partial charge in [-0.3, -0.25) is 16.1 Å². The summed E-state index contributed by atoms with van der Waals surface area (Å²) in [6, 6.07) is 5.71. The number of hydrogen-bond donors (Lipinski definition) is 5. The van der Waals surface area contributed by atoms with E-state index in [1.807, 2.05) is 12.1 Å². The van der Waals surface area contributed by atoms with E-state index in [4.69, 9.17) is 28.2 Å². The lowest BCUT2D eigenvalue weighted by atomic mass is 10.0. The molecule has 1 rings (SSSR count). The van der Waals surface area contributed by atoms with E-state index >= 15 is 0 Å². The molecule has 0 unspecified atom stereocenters. The average molecular weight is 310 g/mol. The molecule has 0 atom stereocenters. The molecule has 0 fully saturated rings. The fourth-order valence-electron chi connectivity index (χ4n) is 2.13. The van der Waals surface area contributed by atoms with Gasteiger partial charge in [-0.05, 0) is 24.5 Å². The molecule has 0 bridgehead atoms. The van der Waals surface area contributed by atoms with Gasteiger partial charge in [0.15, 0.2) is 11.9 Å². The molecule has 1 aromatic carbocycles. The molecule has 0 heterocycles. The lowest BCUT2D eigenvalue weighted by Gasteiger charge is -2.15. The summed E-state index contributed by atoms with van der Waals surface area (Å²) in [6.07, 6.45) is 6.97. The van der Waals surface area contributed by atoms with Crippen LogP contribution in [0.3, 0.4) is 0 Å². The Morgan fingerprint density at radius 1 is 1.19 bits per heavy atom. The van der Waals surface area contributed by atoms with E-state index in [9.17, 15) is 0 Å². The Hall–Kier alpha value is -1.75. The smallest absolute Gasteiger partial charge is 0.199 e. The third kappa shape index (κ3) is 6.49. The monoisotopic (exact) mass is 309 g/mol. The molecular formula is C15H24ClN5. The number of nitrogens with two attached hydrogens (primary N) is 1. The van der Waals surface area contributed by atoms with Gasteiger partial charge in [-0.1, -0.05) is 56.3 Å². The van der Waals surface area contributed by atoms with Gasteiger partial charge in [0.25, 0.3) is 0 Å². The Bertz CT molecular complexity index is 487. The fourth-order valence-corrected chi connectivity index (χ4v) is 2.37. The fraction of sp³-hybridized carbons (Fsp3) is 0.467. The van der Waals surface area contributed by atoms with E-state index in [2.05, 4.69) is 17.6 Å². The third-order valence-corrected chi connectivity index (χ3v) is 3.47. The largest absolute Gasteiger partial charge is 0.370 e. The van der Waals surface area contributed by atoms with Crippen LogP contribution in [0.2, 0.25) is 5.02 Å². The first-order valence-corrected chi connectivity index (χ1v) is 7.66. The van der Waals surface area contributed by atoms with Gasteiger partial charge in [0.2, 0.25) is 0 Å². The van der Waals surface area contributed by atoms with Crippen LogP contribution in [0.1, 0.15) is 44.6 Å². The normalized spacial score (nSPS) is 10.2. The van der Waals surface area contributed by atoms with Gasteiger partial charge in [0.05, 0.1) is 10.7 Å². The van der Waals surface area contributed by atoms with Crippen molar-refractivity contribution in [2.75, 3.05) is 5.32 Å². The molecule has 116 valence electrons. The number of nitrogens with one attached hydrogen (secondary N) is 4. The van der Waals surface area contributed by atoms with Crippen LogP contribution < -0.4 is 16.4 Å². The summed E-state index contributed by atoms with van der Waals surface area (Å²) >= 11 is 6.20. The molecule has 6 heteroatoms. The van der Waals surface area contributed by atoms with Gasteiger partial charge in [-0.25, -0.2) is 0 Å². The number of para-hydroxylation sites is 1. The highest BCUT2D eigenvalue weighted by molar-refractivity contribution is 6.34. The topological polar surface area (TPSA) is 97.8 Å². The SMILES string of the molecule is CCCCCCCc1cccc(Cl)c1NC(=N)NC(=N)N. The van der Waals surface area contributed by atoms with Gasteiger partial charge in [-0.15, -0.1) is 0 Å². The van der Waals surface area contributed by atoms with Crippen molar-refractivity contribution in [2.24, 2.45) is 5.73 Å². The number of rotatable bonds is 7. The molecule has 0 aliphatic rings. The summed E-state index contributed by atoms with van der Waals surface area (Å²) in [4.78, 5) is 0. The number of guanidine groups is 2. The lowest BCUT2D eigenvalue weighted by Crippen LogP contribution is -2.39. The first-order chi connectivity index (χ1) is 10.0. The van der Waals surface area contributed by atoms with Crippen LogP contribution in [0.5, 0.6) is 0 Å². The first kappa shape index (κ1) is 17.3. The van der Waals surface area contributed by atoms with Crippen molar-refractivity contribution in [3.8, 4) is 0 Å². The van der Waals surface area contributed by atoms with E-state index in [1.54, 1.807) is 6.07 Å². The van der Waals surface area contributed by atoms with Crippen molar-refractivity contribution in [1.82, 2.24) is 5.32 Å². The van der Waals surface area contributed by atoms with E-state index in [0.717, 1.165) is 18.4 Å². The summed E-state index contributed by atoms with van der Waals surface area (Å²) in [7, 11) is 0. The molecule has 0 saturated heterocycles. The second kappa shape index (κ2) is 9.23. The number of halogens is 1. The first-order valence-electron chi connectivity index (χ1n) is 7.28. The van der Waals surface area contributed by atoms with Gasteiger partial charge >= 0.3 is 0 Å².